The van der Waals surface area contributed by atoms with Crippen molar-refractivity contribution in [3.8, 4) is 0 Å². The lowest BCUT2D eigenvalue weighted by Gasteiger charge is -2.26. The van der Waals surface area contributed by atoms with Crippen LogP contribution in [0.1, 0.15) is 33.1 Å². The highest BCUT2D eigenvalue weighted by Crippen LogP contribution is 2.20. The summed E-state index contributed by atoms with van der Waals surface area (Å²) >= 11 is 0. The predicted molar refractivity (Wildman–Crippen MR) is 70.4 cm³/mol. The van der Waals surface area contributed by atoms with Crippen LogP contribution < -0.4 is 6.15 Å². The van der Waals surface area contributed by atoms with Crippen LogP contribution in [0.15, 0.2) is 12.7 Å². The number of hydrogen-bond acceptors (Lipinski definition) is 6. The van der Waals surface area contributed by atoms with E-state index in [0.29, 0.717) is 12.8 Å². The molecule has 0 aromatic rings. The molecule has 0 aromatic carbocycles. The van der Waals surface area contributed by atoms with E-state index in [0.717, 1.165) is 6.08 Å². The third-order valence-electron chi connectivity index (χ3n) is 2.63. The molecule has 0 aliphatic carbocycles. The van der Waals surface area contributed by atoms with Crippen molar-refractivity contribution in [2.75, 3.05) is 6.61 Å². The summed E-state index contributed by atoms with van der Waals surface area (Å²) in [7, 11) is -4.76. The fourth-order valence-electron chi connectivity index (χ4n) is 1.66. The highest BCUT2D eigenvalue weighted by atomic mass is 32.3. The molecule has 0 aliphatic heterocycles. The molecule has 0 aromatic heterocycles. The van der Waals surface area contributed by atoms with E-state index in [1.165, 1.54) is 0 Å². The van der Waals surface area contributed by atoms with Crippen LogP contribution in [0.25, 0.3) is 0 Å². The summed E-state index contributed by atoms with van der Waals surface area (Å²) in [6.07, 6.45) is 1.75. The molecule has 0 rings (SSSR count). The molecule has 7 nitrogen and oxygen atoms in total. The molecule has 8 heteroatoms. The summed E-state index contributed by atoms with van der Waals surface area (Å²) in [4.78, 5) is 10.8. The van der Waals surface area contributed by atoms with Gasteiger partial charge in [-0.1, -0.05) is 33.3 Å². The van der Waals surface area contributed by atoms with Gasteiger partial charge in [0.1, 0.15) is 0 Å². The molecular weight excluding hydrogens is 274 g/mol. The van der Waals surface area contributed by atoms with E-state index in [-0.39, 0.29) is 25.1 Å². The van der Waals surface area contributed by atoms with E-state index in [2.05, 4.69) is 10.8 Å². The van der Waals surface area contributed by atoms with Gasteiger partial charge >= 0.3 is 5.97 Å². The number of quaternary nitrogens is 1. The minimum Gasteiger partial charge on any atom is -0.726 e. The third-order valence-corrected chi connectivity index (χ3v) is 3.11. The molecule has 0 heterocycles. The van der Waals surface area contributed by atoms with Gasteiger partial charge in [-0.25, -0.2) is 13.2 Å². The highest BCUT2D eigenvalue weighted by Gasteiger charge is 2.22. The first kappa shape index (κ1) is 20.4. The number of ether oxygens (including phenoxy) is 1. The fraction of sp³-hybridized carbons (Fsp3) is 0.727. The lowest BCUT2D eigenvalue weighted by Crippen LogP contribution is -2.28. The summed E-state index contributed by atoms with van der Waals surface area (Å²) < 4.78 is 41.1. The zero-order valence-electron chi connectivity index (χ0n) is 11.6. The predicted octanol–water partition coefficient (Wildman–Crippen LogP) is 1.76. The SMILES string of the molecule is C=CC(=O)OCCC(OS(=O)(=O)[O-])C(CC)CC.[NH4+]. The first-order valence-electron chi connectivity index (χ1n) is 5.77. The summed E-state index contributed by atoms with van der Waals surface area (Å²) in [5.74, 6) is -0.667. The second-order valence-electron chi connectivity index (χ2n) is 3.78. The number of carbonyl (C=O) groups excluding carboxylic acids is 1. The topological polar surface area (TPSA) is 129 Å². The molecule has 0 saturated heterocycles. The van der Waals surface area contributed by atoms with E-state index in [9.17, 15) is 17.8 Å². The Kier molecular flexibility index (Phi) is 10.6. The molecule has 0 bridgehead atoms. The summed E-state index contributed by atoms with van der Waals surface area (Å²) in [6.45, 7) is 6.97. The van der Waals surface area contributed by atoms with Crippen LogP contribution in [0.3, 0.4) is 0 Å². The van der Waals surface area contributed by atoms with Gasteiger partial charge in [0.15, 0.2) is 0 Å². The van der Waals surface area contributed by atoms with Crippen LogP contribution >= 0.6 is 0 Å². The first-order valence-corrected chi connectivity index (χ1v) is 7.10. The normalized spacial score (nSPS) is 12.6. The van der Waals surface area contributed by atoms with Gasteiger partial charge in [-0.15, -0.1) is 0 Å². The zero-order valence-corrected chi connectivity index (χ0v) is 12.4. The van der Waals surface area contributed by atoms with Crippen molar-refractivity contribution >= 4 is 16.4 Å². The standard InChI is InChI=1S/C11H20O6S.H3N/c1-4-9(5-2)10(17-18(13,14)15)7-8-16-11(12)6-3;/h6,9-10H,3-5,7-8H2,1-2H3,(H,13,14,15);1H3. The van der Waals surface area contributed by atoms with E-state index in [1.54, 1.807) is 0 Å². The van der Waals surface area contributed by atoms with Crippen molar-refractivity contribution < 1.29 is 26.7 Å². The molecule has 4 N–H and O–H groups in total. The third kappa shape index (κ3) is 9.60. The Morgan fingerprint density at radius 3 is 2.26 bits per heavy atom. The van der Waals surface area contributed by atoms with Crippen molar-refractivity contribution in [1.29, 1.82) is 0 Å². The maximum Gasteiger partial charge on any atom is 0.330 e. The molecular formula is C11H23NO6S. The van der Waals surface area contributed by atoms with Crippen LogP contribution in [0.5, 0.6) is 0 Å². The lowest BCUT2D eigenvalue weighted by atomic mass is 9.95. The smallest absolute Gasteiger partial charge is 0.330 e. The highest BCUT2D eigenvalue weighted by molar-refractivity contribution is 7.80. The quantitative estimate of drug-likeness (QED) is 0.299. The average Bonchev–Trinajstić information content (AvgIpc) is 2.28. The van der Waals surface area contributed by atoms with Crippen LogP contribution in [-0.2, 0) is 24.1 Å². The molecule has 114 valence electrons. The maximum atomic E-state index is 10.8. The number of carbonyl (C=O) groups is 1. The summed E-state index contributed by atoms with van der Waals surface area (Å²) in [6, 6.07) is 0. The molecule has 0 radical (unpaired) electrons. The number of rotatable bonds is 9. The van der Waals surface area contributed by atoms with Gasteiger partial charge < -0.3 is 15.4 Å². The van der Waals surface area contributed by atoms with E-state index >= 15 is 0 Å². The van der Waals surface area contributed by atoms with Crippen molar-refractivity contribution in [3.05, 3.63) is 12.7 Å². The van der Waals surface area contributed by atoms with Crippen LogP contribution in [0.4, 0.5) is 0 Å². The van der Waals surface area contributed by atoms with Crippen LogP contribution in [-0.4, -0.2) is 31.7 Å². The Hall–Kier alpha value is -0.960. The molecule has 0 fully saturated rings. The molecule has 1 atom stereocenters. The van der Waals surface area contributed by atoms with Gasteiger partial charge in [-0.2, -0.15) is 0 Å². The zero-order chi connectivity index (χ0) is 14.2. The minimum atomic E-state index is -4.76. The average molecular weight is 297 g/mol. The Balaban J connectivity index is 0. The molecule has 19 heavy (non-hydrogen) atoms. The number of esters is 1. The van der Waals surface area contributed by atoms with Crippen molar-refractivity contribution in [2.24, 2.45) is 5.92 Å². The Labute approximate surface area is 114 Å². The van der Waals surface area contributed by atoms with Crippen LogP contribution in [0, 0.1) is 5.92 Å². The van der Waals surface area contributed by atoms with Gasteiger partial charge in [0, 0.05) is 12.5 Å². The van der Waals surface area contributed by atoms with Gasteiger partial charge in [0.2, 0.25) is 10.4 Å². The van der Waals surface area contributed by atoms with E-state index < -0.39 is 22.5 Å². The minimum absolute atomic E-state index is 0. The second-order valence-corrected chi connectivity index (χ2v) is 4.79. The summed E-state index contributed by atoms with van der Waals surface area (Å²) in [5.41, 5.74) is 0. The van der Waals surface area contributed by atoms with Gasteiger partial charge in [0.05, 0.1) is 12.7 Å². The largest absolute Gasteiger partial charge is 0.726 e. The van der Waals surface area contributed by atoms with Gasteiger partial charge in [-0.05, 0) is 5.92 Å². The van der Waals surface area contributed by atoms with E-state index in [1.807, 2.05) is 13.8 Å². The van der Waals surface area contributed by atoms with Gasteiger partial charge in [0.25, 0.3) is 0 Å². The lowest BCUT2D eigenvalue weighted by molar-refractivity contribution is -0.138. The number of hydrogen-bond donors (Lipinski definition) is 1. The van der Waals surface area contributed by atoms with Crippen molar-refractivity contribution in [1.82, 2.24) is 6.15 Å². The fourth-order valence-corrected chi connectivity index (χ4v) is 2.22. The monoisotopic (exact) mass is 297 g/mol. The van der Waals surface area contributed by atoms with Crippen molar-refractivity contribution in [3.63, 3.8) is 0 Å². The molecule has 0 spiro atoms. The van der Waals surface area contributed by atoms with Crippen LogP contribution in [0.2, 0.25) is 0 Å². The Morgan fingerprint density at radius 1 is 1.37 bits per heavy atom. The Bertz CT molecular complexity index is 363. The molecule has 0 saturated carbocycles. The second kappa shape index (κ2) is 9.90. The van der Waals surface area contributed by atoms with Gasteiger partial charge in [-0.3, -0.25) is 4.18 Å². The maximum absolute atomic E-state index is 10.8. The molecule has 0 amide bonds. The first-order chi connectivity index (χ1) is 8.34. The molecule has 1 unspecified atom stereocenters. The Morgan fingerprint density at radius 2 is 1.89 bits per heavy atom. The molecule has 0 aliphatic rings. The summed E-state index contributed by atoms with van der Waals surface area (Å²) in [5, 5.41) is 0. The van der Waals surface area contributed by atoms with Crippen molar-refractivity contribution in [2.45, 2.75) is 39.2 Å². The van der Waals surface area contributed by atoms with E-state index in [4.69, 9.17) is 4.74 Å².